The van der Waals surface area contributed by atoms with Crippen molar-refractivity contribution in [3.8, 4) is 18.1 Å². The van der Waals surface area contributed by atoms with E-state index in [1.165, 1.54) is 0 Å². The van der Waals surface area contributed by atoms with E-state index in [0.29, 0.717) is 58.5 Å². The summed E-state index contributed by atoms with van der Waals surface area (Å²) in [5, 5.41) is 7.20. The predicted octanol–water partition coefficient (Wildman–Crippen LogP) is 5.73. The molecule has 3 aliphatic heterocycles. The number of piperidine rings is 2. The third-order valence-electron chi connectivity index (χ3n) is 8.88. The number of carbonyl (C=O) groups is 3. The number of halogens is 2. The van der Waals surface area contributed by atoms with Gasteiger partial charge in [0, 0.05) is 79.2 Å². The summed E-state index contributed by atoms with van der Waals surface area (Å²) in [5.41, 5.74) is 1.99. The first-order valence-electron chi connectivity index (χ1n) is 14.5. The second-order valence-electron chi connectivity index (χ2n) is 11.7. The minimum atomic E-state index is -1.27. The van der Waals surface area contributed by atoms with Crippen LogP contribution in [0.15, 0.2) is 60.7 Å². The molecule has 0 aliphatic carbocycles. The van der Waals surface area contributed by atoms with Gasteiger partial charge in [-0.25, -0.2) is 4.79 Å². The number of amides is 4. The molecule has 3 aliphatic rings. The fourth-order valence-electron chi connectivity index (χ4n) is 6.87. The van der Waals surface area contributed by atoms with Gasteiger partial charge in [-0.3, -0.25) is 9.59 Å². The maximum atomic E-state index is 14.4. The molecule has 0 saturated carbocycles. The van der Waals surface area contributed by atoms with Gasteiger partial charge in [-0.2, -0.15) is 0 Å². The predicted molar refractivity (Wildman–Crippen MR) is 170 cm³/mol. The smallest absolute Gasteiger partial charge is 0.319 e. The van der Waals surface area contributed by atoms with Crippen LogP contribution in [0.3, 0.4) is 0 Å². The van der Waals surface area contributed by atoms with Crippen LogP contribution in [0.5, 0.6) is 5.75 Å². The number of hydrogen-bond acceptors (Lipinski definition) is 4. The molecule has 0 radical (unpaired) electrons. The second-order valence-corrected chi connectivity index (χ2v) is 12.6. The molecule has 226 valence electrons. The highest BCUT2D eigenvalue weighted by Gasteiger charge is 2.61. The van der Waals surface area contributed by atoms with Crippen molar-refractivity contribution in [3.05, 3.63) is 93.0 Å². The summed E-state index contributed by atoms with van der Waals surface area (Å²) in [7, 11) is 3.47. The Labute approximate surface area is 266 Å². The number of terminal acetylenes is 1. The summed E-state index contributed by atoms with van der Waals surface area (Å²) in [6.07, 6.45) is 6.99. The van der Waals surface area contributed by atoms with Crippen LogP contribution in [0.2, 0.25) is 10.0 Å². The van der Waals surface area contributed by atoms with Crippen LogP contribution in [-0.2, 0) is 15.0 Å². The summed E-state index contributed by atoms with van der Waals surface area (Å²) in [4.78, 5) is 43.8. The van der Waals surface area contributed by atoms with E-state index in [1.54, 1.807) is 54.2 Å². The molecular weight excluding hydrogens is 599 g/mol. The van der Waals surface area contributed by atoms with Crippen molar-refractivity contribution in [2.75, 3.05) is 32.5 Å². The summed E-state index contributed by atoms with van der Waals surface area (Å²) in [6, 6.07) is 17.2. The van der Waals surface area contributed by atoms with Gasteiger partial charge >= 0.3 is 6.03 Å². The number of nitrogens with one attached hydrogen (secondary N) is 2. The van der Waals surface area contributed by atoms with Crippen molar-refractivity contribution in [1.82, 2.24) is 15.1 Å². The lowest BCUT2D eigenvalue weighted by molar-refractivity contribution is -0.131. The average Bonchev–Trinajstić information content (AvgIpc) is 3.29. The molecule has 0 bridgehead atoms. The molecule has 10 heteroatoms. The Morgan fingerprint density at radius 2 is 1.80 bits per heavy atom. The molecule has 2 N–H and O–H groups in total. The highest BCUT2D eigenvalue weighted by molar-refractivity contribution is 6.31. The van der Waals surface area contributed by atoms with E-state index in [9.17, 15) is 14.4 Å². The largest absolute Gasteiger partial charge is 0.490 e. The molecule has 1 spiro atoms. The van der Waals surface area contributed by atoms with E-state index in [-0.39, 0.29) is 30.4 Å². The summed E-state index contributed by atoms with van der Waals surface area (Å²) in [6.45, 7) is 1.11. The minimum Gasteiger partial charge on any atom is -0.490 e. The second kappa shape index (κ2) is 11.7. The average molecular weight is 632 g/mol. The van der Waals surface area contributed by atoms with E-state index >= 15 is 0 Å². The number of fused-ring (bicyclic) bond motifs is 2. The van der Waals surface area contributed by atoms with Crippen molar-refractivity contribution < 1.29 is 19.1 Å². The first-order chi connectivity index (χ1) is 21.1. The Morgan fingerprint density at radius 3 is 2.50 bits per heavy atom. The van der Waals surface area contributed by atoms with Gasteiger partial charge in [0.25, 0.3) is 0 Å². The van der Waals surface area contributed by atoms with E-state index < -0.39 is 17.4 Å². The molecule has 3 atom stereocenters. The number of anilines is 1. The summed E-state index contributed by atoms with van der Waals surface area (Å²) < 4.78 is 6.62. The molecule has 44 heavy (non-hydrogen) atoms. The lowest BCUT2D eigenvalue weighted by Gasteiger charge is -2.47. The normalized spacial score (nSPS) is 23.0. The monoisotopic (exact) mass is 630 g/mol. The molecule has 2 saturated heterocycles. The zero-order chi connectivity index (χ0) is 31.2. The van der Waals surface area contributed by atoms with Crippen molar-refractivity contribution in [1.29, 1.82) is 0 Å². The Balaban J connectivity index is 1.47. The number of carbonyl (C=O) groups excluding carboxylic acids is 3. The van der Waals surface area contributed by atoms with Crippen molar-refractivity contribution in [2.24, 2.45) is 0 Å². The highest BCUT2D eigenvalue weighted by atomic mass is 35.5. The highest BCUT2D eigenvalue weighted by Crippen LogP contribution is 2.58. The topological polar surface area (TPSA) is 91.0 Å². The Morgan fingerprint density at radius 1 is 1.05 bits per heavy atom. The van der Waals surface area contributed by atoms with Crippen molar-refractivity contribution >= 4 is 46.7 Å². The van der Waals surface area contributed by atoms with E-state index in [0.717, 1.165) is 11.1 Å². The lowest BCUT2D eigenvalue weighted by Crippen LogP contribution is -2.57. The molecule has 6 rings (SSSR count). The maximum Gasteiger partial charge on any atom is 0.319 e. The van der Waals surface area contributed by atoms with Gasteiger partial charge in [-0.05, 0) is 53.6 Å². The van der Waals surface area contributed by atoms with Gasteiger partial charge in [0.2, 0.25) is 11.8 Å². The van der Waals surface area contributed by atoms with Crippen LogP contribution in [0.25, 0.3) is 0 Å². The number of hydrogen-bond donors (Lipinski definition) is 2. The molecule has 2 fully saturated rings. The van der Waals surface area contributed by atoms with Gasteiger partial charge in [-0.15, -0.1) is 6.42 Å². The molecule has 4 amide bonds. The van der Waals surface area contributed by atoms with E-state index in [4.69, 9.17) is 34.4 Å². The molecule has 0 aromatic heterocycles. The lowest BCUT2D eigenvalue weighted by atomic mass is 9.59. The quantitative estimate of drug-likeness (QED) is 0.360. The molecule has 3 unspecified atom stereocenters. The van der Waals surface area contributed by atoms with E-state index in [2.05, 4.69) is 16.6 Å². The summed E-state index contributed by atoms with van der Waals surface area (Å²) >= 11 is 12.8. The number of rotatable bonds is 4. The maximum absolute atomic E-state index is 14.4. The van der Waals surface area contributed by atoms with Crippen LogP contribution in [0.1, 0.15) is 53.5 Å². The van der Waals surface area contributed by atoms with Crippen LogP contribution in [-0.4, -0.2) is 60.9 Å². The van der Waals surface area contributed by atoms with Crippen molar-refractivity contribution in [3.63, 3.8) is 0 Å². The van der Waals surface area contributed by atoms with Gasteiger partial charge in [-0.1, -0.05) is 47.3 Å². The zero-order valence-electron chi connectivity index (χ0n) is 24.4. The Bertz CT molecular complexity index is 1690. The molecule has 3 aromatic rings. The van der Waals surface area contributed by atoms with E-state index in [1.807, 2.05) is 30.3 Å². The van der Waals surface area contributed by atoms with Crippen molar-refractivity contribution in [2.45, 2.75) is 42.7 Å². The van der Waals surface area contributed by atoms with Gasteiger partial charge in [0.1, 0.15) is 17.3 Å². The fraction of sp³-hybridized carbons (Fsp3) is 0.324. The number of nitrogens with zero attached hydrogens (tertiary/aromatic N) is 2. The number of ether oxygens (including phenoxy) is 1. The Kier molecular flexibility index (Phi) is 7.95. The van der Waals surface area contributed by atoms with Crippen LogP contribution in [0.4, 0.5) is 10.5 Å². The minimum absolute atomic E-state index is 0.0348. The zero-order valence-corrected chi connectivity index (χ0v) is 25.9. The molecule has 3 heterocycles. The third kappa shape index (κ3) is 5.14. The number of urea groups is 1. The Hall–Kier alpha value is -4.19. The first-order valence-corrected chi connectivity index (χ1v) is 15.3. The number of benzene rings is 3. The standard InChI is InChI=1S/C34H32Cl2N4O4/c1-4-20-8-11-29(44-24-12-14-40(15-13-24)33(43)39(2)3)25(16-20)31-34(26-10-9-23(36)18-28(26)37-32(34)42)27(19-30(41)38-31)21-6-5-7-22(35)17-21/h1,5-11,16-18,24,27,31H,12-15,19H2,2-3H3,(H,37,42)(H,38,41). The van der Waals surface area contributed by atoms with Gasteiger partial charge in [0.15, 0.2) is 0 Å². The van der Waals surface area contributed by atoms with Crippen LogP contribution >= 0.6 is 23.2 Å². The summed E-state index contributed by atoms with van der Waals surface area (Å²) in [5.74, 6) is 2.17. The molecular formula is C34H32Cl2N4O4. The SMILES string of the molecule is C#Cc1ccc(OC2CCN(C(=O)N(C)C)CC2)c(C2NC(=O)CC(c3cccc(Cl)c3)C23C(=O)Nc2cc(Cl)ccc23)c1. The molecule has 8 nitrogen and oxygen atoms in total. The molecule has 3 aromatic carbocycles. The first kappa shape index (κ1) is 29.9. The van der Waals surface area contributed by atoms with Crippen LogP contribution < -0.4 is 15.4 Å². The van der Waals surface area contributed by atoms with Crippen LogP contribution in [0, 0.1) is 12.3 Å². The fourth-order valence-corrected chi connectivity index (χ4v) is 7.24. The van der Waals surface area contributed by atoms with Gasteiger partial charge < -0.3 is 25.2 Å². The number of likely N-dealkylation sites (tertiary alicyclic amines) is 1. The van der Waals surface area contributed by atoms with Gasteiger partial charge in [0.05, 0.1) is 6.04 Å². The third-order valence-corrected chi connectivity index (χ3v) is 9.35.